The standard InChI is InChI=1S/C27H24N4O2/c1-2-18-12-13-19(25-16-28-22-10-6-7-11-23(22)29-25)14-24(18)30-27(33)20-15-26(32)31(17-20)21-8-4-3-5-9-21/h3-14,16,20H,2,15,17H2,1H3,(H,30,33). The number of para-hydroxylation sites is 3. The number of nitrogens with one attached hydrogen (secondary N) is 1. The fourth-order valence-electron chi connectivity index (χ4n) is 4.23. The number of benzene rings is 3. The van der Waals surface area contributed by atoms with E-state index in [1.807, 2.05) is 72.8 Å². The van der Waals surface area contributed by atoms with E-state index in [0.29, 0.717) is 6.54 Å². The van der Waals surface area contributed by atoms with Crippen LogP contribution in [0.4, 0.5) is 11.4 Å². The van der Waals surface area contributed by atoms with Crippen LogP contribution >= 0.6 is 0 Å². The third kappa shape index (κ3) is 4.20. The van der Waals surface area contributed by atoms with Crippen molar-refractivity contribution in [3.63, 3.8) is 0 Å². The molecule has 0 spiro atoms. The molecule has 164 valence electrons. The maximum absolute atomic E-state index is 13.1. The van der Waals surface area contributed by atoms with Crippen LogP contribution in [0.3, 0.4) is 0 Å². The van der Waals surface area contributed by atoms with Gasteiger partial charge in [0.05, 0.1) is 28.8 Å². The highest BCUT2D eigenvalue weighted by Gasteiger charge is 2.35. The number of carbonyl (C=O) groups excluding carboxylic acids is 2. The molecule has 33 heavy (non-hydrogen) atoms. The number of rotatable bonds is 5. The molecule has 1 unspecified atom stereocenters. The molecule has 1 aliphatic heterocycles. The first-order chi connectivity index (χ1) is 16.1. The lowest BCUT2D eigenvalue weighted by Gasteiger charge is -2.17. The summed E-state index contributed by atoms with van der Waals surface area (Å²) in [6, 6.07) is 23.2. The molecule has 5 rings (SSSR count). The fourth-order valence-corrected chi connectivity index (χ4v) is 4.23. The van der Waals surface area contributed by atoms with E-state index in [-0.39, 0.29) is 18.2 Å². The van der Waals surface area contributed by atoms with Gasteiger partial charge in [-0.1, -0.05) is 49.4 Å². The summed E-state index contributed by atoms with van der Waals surface area (Å²) in [5, 5.41) is 3.08. The maximum atomic E-state index is 13.1. The van der Waals surface area contributed by atoms with E-state index in [4.69, 9.17) is 4.98 Å². The van der Waals surface area contributed by atoms with Crippen molar-refractivity contribution in [1.82, 2.24) is 9.97 Å². The Morgan fingerprint density at radius 3 is 2.58 bits per heavy atom. The Balaban J connectivity index is 1.38. The van der Waals surface area contributed by atoms with Crippen molar-refractivity contribution in [3.8, 4) is 11.3 Å². The number of amides is 2. The molecule has 2 heterocycles. The molecule has 1 aromatic heterocycles. The Morgan fingerprint density at radius 2 is 1.79 bits per heavy atom. The summed E-state index contributed by atoms with van der Waals surface area (Å²) < 4.78 is 0. The van der Waals surface area contributed by atoms with E-state index in [1.54, 1.807) is 11.1 Å². The Morgan fingerprint density at radius 1 is 1.03 bits per heavy atom. The zero-order chi connectivity index (χ0) is 22.8. The number of hydrogen-bond donors (Lipinski definition) is 1. The Kier molecular flexibility index (Phi) is 5.57. The second-order valence-corrected chi connectivity index (χ2v) is 8.20. The van der Waals surface area contributed by atoms with Crippen LogP contribution in [-0.4, -0.2) is 28.3 Å². The largest absolute Gasteiger partial charge is 0.326 e. The fraction of sp³-hybridized carbons (Fsp3) is 0.185. The predicted molar refractivity (Wildman–Crippen MR) is 130 cm³/mol. The van der Waals surface area contributed by atoms with Crippen LogP contribution in [0, 0.1) is 5.92 Å². The summed E-state index contributed by atoms with van der Waals surface area (Å²) >= 11 is 0. The molecule has 4 aromatic rings. The van der Waals surface area contributed by atoms with Gasteiger partial charge in [0.15, 0.2) is 0 Å². The molecular weight excluding hydrogens is 412 g/mol. The lowest BCUT2D eigenvalue weighted by atomic mass is 10.0. The van der Waals surface area contributed by atoms with Gasteiger partial charge < -0.3 is 10.2 Å². The Bertz CT molecular complexity index is 1340. The first kappa shape index (κ1) is 20.8. The van der Waals surface area contributed by atoms with Crippen LogP contribution in [0.1, 0.15) is 18.9 Å². The smallest absolute Gasteiger partial charge is 0.229 e. The average Bonchev–Trinajstić information content (AvgIpc) is 3.26. The summed E-state index contributed by atoms with van der Waals surface area (Å²) in [6.45, 7) is 2.43. The normalized spacial score (nSPS) is 15.7. The summed E-state index contributed by atoms with van der Waals surface area (Å²) in [7, 11) is 0. The van der Waals surface area contributed by atoms with Crippen molar-refractivity contribution in [2.45, 2.75) is 19.8 Å². The molecule has 1 atom stereocenters. The first-order valence-corrected chi connectivity index (χ1v) is 11.1. The molecule has 0 aliphatic carbocycles. The zero-order valence-corrected chi connectivity index (χ0v) is 18.4. The van der Waals surface area contributed by atoms with Gasteiger partial charge in [0, 0.05) is 29.9 Å². The monoisotopic (exact) mass is 436 g/mol. The molecule has 0 saturated carbocycles. The SMILES string of the molecule is CCc1ccc(-c2cnc3ccccc3n2)cc1NC(=O)C1CC(=O)N(c2ccccc2)C1. The quantitative estimate of drug-likeness (QED) is 0.485. The molecule has 6 heteroatoms. The summed E-state index contributed by atoms with van der Waals surface area (Å²) in [6.07, 6.45) is 2.74. The second-order valence-electron chi connectivity index (χ2n) is 8.20. The molecule has 1 saturated heterocycles. The molecule has 0 radical (unpaired) electrons. The van der Waals surface area contributed by atoms with Crippen molar-refractivity contribution >= 4 is 34.2 Å². The van der Waals surface area contributed by atoms with E-state index in [2.05, 4.69) is 17.2 Å². The number of hydrogen-bond acceptors (Lipinski definition) is 4. The third-order valence-corrected chi connectivity index (χ3v) is 6.06. The van der Waals surface area contributed by atoms with Gasteiger partial charge in [-0.05, 0) is 42.3 Å². The van der Waals surface area contributed by atoms with E-state index < -0.39 is 5.92 Å². The van der Waals surface area contributed by atoms with Crippen molar-refractivity contribution in [1.29, 1.82) is 0 Å². The number of anilines is 2. The molecule has 0 bridgehead atoms. The number of aromatic nitrogens is 2. The first-order valence-electron chi connectivity index (χ1n) is 11.1. The lowest BCUT2D eigenvalue weighted by molar-refractivity contribution is -0.122. The van der Waals surface area contributed by atoms with Crippen LogP contribution in [-0.2, 0) is 16.0 Å². The van der Waals surface area contributed by atoms with Gasteiger partial charge in [-0.15, -0.1) is 0 Å². The van der Waals surface area contributed by atoms with Crippen LogP contribution < -0.4 is 10.2 Å². The van der Waals surface area contributed by atoms with Gasteiger partial charge in [-0.2, -0.15) is 0 Å². The minimum absolute atomic E-state index is 0.0303. The van der Waals surface area contributed by atoms with Gasteiger partial charge in [-0.25, -0.2) is 4.98 Å². The van der Waals surface area contributed by atoms with Gasteiger partial charge in [0.1, 0.15) is 0 Å². The minimum Gasteiger partial charge on any atom is -0.326 e. The van der Waals surface area contributed by atoms with E-state index in [0.717, 1.165) is 45.6 Å². The van der Waals surface area contributed by atoms with Gasteiger partial charge in [0.25, 0.3) is 0 Å². The molecule has 1 aliphatic rings. The topological polar surface area (TPSA) is 75.2 Å². The summed E-state index contributed by atoms with van der Waals surface area (Å²) in [4.78, 5) is 36.6. The molecule has 6 nitrogen and oxygen atoms in total. The highest BCUT2D eigenvalue weighted by molar-refractivity contribution is 6.04. The maximum Gasteiger partial charge on any atom is 0.229 e. The Labute approximate surface area is 192 Å². The Hall–Kier alpha value is -4.06. The van der Waals surface area contributed by atoms with Crippen LogP contribution in [0.5, 0.6) is 0 Å². The van der Waals surface area contributed by atoms with Crippen molar-refractivity contribution in [2.24, 2.45) is 5.92 Å². The molecule has 3 aromatic carbocycles. The minimum atomic E-state index is -0.397. The highest BCUT2D eigenvalue weighted by atomic mass is 16.2. The van der Waals surface area contributed by atoms with E-state index in [9.17, 15) is 9.59 Å². The summed E-state index contributed by atoms with van der Waals surface area (Å²) in [5.41, 5.74) is 5.90. The van der Waals surface area contributed by atoms with E-state index in [1.165, 1.54) is 0 Å². The molecule has 1 N–H and O–H groups in total. The number of carbonyl (C=O) groups is 2. The third-order valence-electron chi connectivity index (χ3n) is 6.06. The van der Waals surface area contributed by atoms with Gasteiger partial charge in [0.2, 0.25) is 11.8 Å². The summed E-state index contributed by atoms with van der Waals surface area (Å²) in [5.74, 6) is -0.568. The second kappa shape index (κ2) is 8.82. The van der Waals surface area contributed by atoms with Crippen LogP contribution in [0.25, 0.3) is 22.3 Å². The van der Waals surface area contributed by atoms with Gasteiger partial charge in [-0.3, -0.25) is 14.6 Å². The van der Waals surface area contributed by atoms with Crippen molar-refractivity contribution in [2.75, 3.05) is 16.8 Å². The highest BCUT2D eigenvalue weighted by Crippen LogP contribution is 2.29. The lowest BCUT2D eigenvalue weighted by Crippen LogP contribution is -2.28. The molecular formula is C27H24N4O2. The van der Waals surface area contributed by atoms with Crippen molar-refractivity contribution < 1.29 is 9.59 Å². The molecule has 1 fully saturated rings. The van der Waals surface area contributed by atoms with E-state index >= 15 is 0 Å². The van der Waals surface area contributed by atoms with Crippen LogP contribution in [0.2, 0.25) is 0 Å². The predicted octanol–water partition coefficient (Wildman–Crippen LogP) is 4.85. The van der Waals surface area contributed by atoms with Crippen LogP contribution in [0.15, 0.2) is 79.0 Å². The zero-order valence-electron chi connectivity index (χ0n) is 18.4. The van der Waals surface area contributed by atoms with Crippen molar-refractivity contribution in [3.05, 3.63) is 84.6 Å². The average molecular weight is 437 g/mol. The number of fused-ring (bicyclic) bond motifs is 1. The number of nitrogens with zero attached hydrogens (tertiary/aromatic N) is 3. The van der Waals surface area contributed by atoms with Gasteiger partial charge >= 0.3 is 0 Å². The number of aryl methyl sites for hydroxylation is 1. The molecule has 2 amide bonds.